The number of aromatic nitrogens is 4. The zero-order valence-corrected chi connectivity index (χ0v) is 9.38. The Balaban J connectivity index is 2.22. The summed E-state index contributed by atoms with van der Waals surface area (Å²) in [6.45, 7) is 0. The van der Waals surface area contributed by atoms with Crippen molar-refractivity contribution in [2.45, 2.75) is 0 Å². The van der Waals surface area contributed by atoms with Crippen LogP contribution >= 0.6 is 0 Å². The molecular formula is C11H11N7. The van der Waals surface area contributed by atoms with Crippen LogP contribution < -0.4 is 17.2 Å². The number of anilines is 3. The Morgan fingerprint density at radius 2 is 1.67 bits per heavy atom. The molecule has 0 aliphatic heterocycles. The molecule has 1 aromatic carbocycles. The van der Waals surface area contributed by atoms with Crippen LogP contribution in [0.2, 0.25) is 0 Å². The highest BCUT2D eigenvalue weighted by Gasteiger charge is 2.09. The molecule has 0 atom stereocenters. The number of hydrogen-bond donors (Lipinski definition) is 4. The monoisotopic (exact) mass is 241 g/mol. The van der Waals surface area contributed by atoms with Crippen LogP contribution in [0.15, 0.2) is 24.5 Å². The number of nitrogens with zero attached hydrogens (tertiary/aromatic N) is 3. The Hall–Kier alpha value is -2.83. The summed E-state index contributed by atoms with van der Waals surface area (Å²) in [5.74, 6) is 0.965. The number of aromatic amines is 1. The topological polar surface area (TPSA) is 133 Å². The summed E-state index contributed by atoms with van der Waals surface area (Å²) in [4.78, 5) is 15.3. The number of nitrogen functional groups attached to an aromatic ring is 3. The highest BCUT2D eigenvalue weighted by Crippen LogP contribution is 2.25. The average molecular weight is 241 g/mol. The van der Waals surface area contributed by atoms with Gasteiger partial charge in [0.2, 0.25) is 0 Å². The molecular weight excluding hydrogens is 230 g/mol. The third-order valence-electron chi connectivity index (χ3n) is 2.57. The van der Waals surface area contributed by atoms with Gasteiger partial charge in [-0.2, -0.15) is 0 Å². The van der Waals surface area contributed by atoms with Gasteiger partial charge in [0.15, 0.2) is 11.5 Å². The Morgan fingerprint density at radius 1 is 0.944 bits per heavy atom. The molecule has 90 valence electrons. The second kappa shape index (κ2) is 3.59. The standard InChI is InChI=1S/C11H11N7/c12-6-1-5(2-7(13)3-6)10-17-8-9(14)15-4-16-11(8)18-10/h1-4H,12-13H2,(H3,14,15,16,17,18). The maximum atomic E-state index is 5.75. The smallest absolute Gasteiger partial charge is 0.183 e. The fraction of sp³-hybridized carbons (Fsp3) is 0. The molecule has 0 amide bonds. The van der Waals surface area contributed by atoms with E-state index in [9.17, 15) is 0 Å². The van der Waals surface area contributed by atoms with Crippen molar-refractivity contribution in [1.82, 2.24) is 19.9 Å². The maximum Gasteiger partial charge on any atom is 0.183 e. The summed E-state index contributed by atoms with van der Waals surface area (Å²) in [6, 6.07) is 5.23. The van der Waals surface area contributed by atoms with Crippen LogP contribution in [0.5, 0.6) is 0 Å². The van der Waals surface area contributed by atoms with E-state index in [1.165, 1.54) is 6.33 Å². The van der Waals surface area contributed by atoms with Crippen molar-refractivity contribution in [3.63, 3.8) is 0 Å². The zero-order chi connectivity index (χ0) is 12.7. The molecule has 18 heavy (non-hydrogen) atoms. The fourth-order valence-corrected chi connectivity index (χ4v) is 1.80. The second-order valence-electron chi connectivity index (χ2n) is 3.93. The van der Waals surface area contributed by atoms with E-state index in [-0.39, 0.29) is 0 Å². The van der Waals surface area contributed by atoms with E-state index < -0.39 is 0 Å². The molecule has 0 saturated heterocycles. The summed E-state index contributed by atoms with van der Waals surface area (Å²) in [6.07, 6.45) is 1.37. The summed E-state index contributed by atoms with van der Waals surface area (Å²) in [7, 11) is 0. The predicted molar refractivity (Wildman–Crippen MR) is 70.4 cm³/mol. The molecule has 0 unspecified atom stereocenters. The Kier molecular flexibility index (Phi) is 2.06. The largest absolute Gasteiger partial charge is 0.399 e. The van der Waals surface area contributed by atoms with E-state index in [1.54, 1.807) is 18.2 Å². The summed E-state index contributed by atoms with van der Waals surface area (Å²) >= 11 is 0. The number of benzene rings is 1. The van der Waals surface area contributed by atoms with E-state index in [2.05, 4.69) is 19.9 Å². The van der Waals surface area contributed by atoms with Gasteiger partial charge in [-0.1, -0.05) is 0 Å². The van der Waals surface area contributed by atoms with Gasteiger partial charge < -0.3 is 22.2 Å². The van der Waals surface area contributed by atoms with Gasteiger partial charge in [0.1, 0.15) is 17.7 Å². The molecule has 0 radical (unpaired) electrons. The number of nitrogens with two attached hydrogens (primary N) is 3. The zero-order valence-electron chi connectivity index (χ0n) is 9.38. The van der Waals surface area contributed by atoms with Crippen molar-refractivity contribution in [3.8, 4) is 11.4 Å². The Morgan fingerprint density at radius 3 is 2.33 bits per heavy atom. The number of H-pyrrole nitrogens is 1. The van der Waals surface area contributed by atoms with Gasteiger partial charge in [0.05, 0.1) is 0 Å². The number of imidazole rings is 1. The molecule has 7 N–H and O–H groups in total. The molecule has 2 heterocycles. The molecule has 0 fully saturated rings. The normalized spacial score (nSPS) is 10.9. The van der Waals surface area contributed by atoms with Crippen molar-refractivity contribution in [3.05, 3.63) is 24.5 Å². The molecule has 0 aliphatic rings. The van der Waals surface area contributed by atoms with Crippen molar-refractivity contribution >= 4 is 28.4 Å². The number of hydrogen-bond acceptors (Lipinski definition) is 6. The van der Waals surface area contributed by atoms with Crippen LogP contribution in [0.4, 0.5) is 17.2 Å². The van der Waals surface area contributed by atoms with Crippen LogP contribution in [-0.4, -0.2) is 19.9 Å². The first-order valence-electron chi connectivity index (χ1n) is 5.26. The second-order valence-corrected chi connectivity index (χ2v) is 3.93. The van der Waals surface area contributed by atoms with Crippen LogP contribution in [0.1, 0.15) is 0 Å². The Bertz CT molecular complexity index is 711. The first kappa shape index (κ1) is 10.3. The predicted octanol–water partition coefficient (Wildman–Crippen LogP) is 0.766. The van der Waals surface area contributed by atoms with Gasteiger partial charge in [0, 0.05) is 16.9 Å². The van der Waals surface area contributed by atoms with Gasteiger partial charge >= 0.3 is 0 Å². The summed E-state index contributed by atoms with van der Waals surface area (Å²) < 4.78 is 0. The minimum Gasteiger partial charge on any atom is -0.399 e. The third kappa shape index (κ3) is 1.58. The molecule has 0 aliphatic carbocycles. The van der Waals surface area contributed by atoms with Gasteiger partial charge in [0.25, 0.3) is 0 Å². The highest BCUT2D eigenvalue weighted by molar-refractivity contribution is 5.84. The lowest BCUT2D eigenvalue weighted by molar-refractivity contribution is 1.21. The van der Waals surface area contributed by atoms with Gasteiger partial charge in [-0.3, -0.25) is 0 Å². The number of nitrogens with one attached hydrogen (secondary N) is 1. The first-order chi connectivity index (χ1) is 8.63. The number of fused-ring (bicyclic) bond motifs is 1. The molecule has 7 nitrogen and oxygen atoms in total. The summed E-state index contributed by atoms with van der Waals surface area (Å²) in [5.41, 5.74) is 20.3. The summed E-state index contributed by atoms with van der Waals surface area (Å²) in [5, 5.41) is 0. The lowest BCUT2D eigenvalue weighted by Crippen LogP contribution is -1.92. The number of rotatable bonds is 1. The van der Waals surface area contributed by atoms with Gasteiger partial charge in [-0.25, -0.2) is 15.0 Å². The molecule has 3 aromatic rings. The van der Waals surface area contributed by atoms with Gasteiger partial charge in [-0.05, 0) is 18.2 Å². The van der Waals surface area contributed by atoms with E-state index in [0.29, 0.717) is 34.2 Å². The molecule has 0 saturated carbocycles. The van der Waals surface area contributed by atoms with Crippen molar-refractivity contribution in [2.24, 2.45) is 0 Å². The molecule has 2 aromatic heterocycles. The minimum absolute atomic E-state index is 0.357. The maximum absolute atomic E-state index is 5.75. The average Bonchev–Trinajstić information content (AvgIpc) is 2.73. The molecule has 7 heteroatoms. The SMILES string of the molecule is Nc1cc(N)cc(-c2nc3ncnc(N)c3[nH]2)c1. The highest BCUT2D eigenvalue weighted by atomic mass is 15.0. The first-order valence-corrected chi connectivity index (χ1v) is 5.26. The van der Waals surface area contributed by atoms with Crippen molar-refractivity contribution in [2.75, 3.05) is 17.2 Å². The molecule has 0 bridgehead atoms. The van der Waals surface area contributed by atoms with E-state index in [4.69, 9.17) is 17.2 Å². The minimum atomic E-state index is 0.357. The van der Waals surface area contributed by atoms with Gasteiger partial charge in [-0.15, -0.1) is 0 Å². The van der Waals surface area contributed by atoms with E-state index in [1.807, 2.05) is 0 Å². The van der Waals surface area contributed by atoms with Crippen LogP contribution in [0, 0.1) is 0 Å². The van der Waals surface area contributed by atoms with Crippen molar-refractivity contribution < 1.29 is 0 Å². The van der Waals surface area contributed by atoms with Crippen molar-refractivity contribution in [1.29, 1.82) is 0 Å². The lowest BCUT2D eigenvalue weighted by atomic mass is 10.1. The van der Waals surface area contributed by atoms with Crippen LogP contribution in [-0.2, 0) is 0 Å². The molecule has 3 rings (SSSR count). The van der Waals surface area contributed by atoms with Crippen LogP contribution in [0.3, 0.4) is 0 Å². The van der Waals surface area contributed by atoms with Crippen LogP contribution in [0.25, 0.3) is 22.6 Å². The Labute approximate surface area is 102 Å². The van der Waals surface area contributed by atoms with E-state index >= 15 is 0 Å². The lowest BCUT2D eigenvalue weighted by Gasteiger charge is -2.01. The third-order valence-corrected chi connectivity index (χ3v) is 2.57. The quantitative estimate of drug-likeness (QED) is 0.465. The van der Waals surface area contributed by atoms with E-state index in [0.717, 1.165) is 5.56 Å². The molecule has 0 spiro atoms. The fourth-order valence-electron chi connectivity index (χ4n) is 1.80.